The fourth-order valence-corrected chi connectivity index (χ4v) is 2.87. The Balaban J connectivity index is 1.96. The van der Waals surface area contributed by atoms with Crippen molar-refractivity contribution >= 4 is 11.6 Å². The van der Waals surface area contributed by atoms with E-state index < -0.39 is 0 Å². The number of carbonyl (C=O) groups is 1. The van der Waals surface area contributed by atoms with E-state index in [1.54, 1.807) is 18.2 Å². The second kappa shape index (κ2) is 4.79. The van der Waals surface area contributed by atoms with Gasteiger partial charge >= 0.3 is 0 Å². The Bertz CT molecular complexity index is 577. The van der Waals surface area contributed by atoms with Gasteiger partial charge in [-0.15, -0.1) is 0 Å². The smallest absolute Gasteiger partial charge is 0.170 e. The lowest BCUT2D eigenvalue weighted by atomic mass is 9.83. The molecule has 3 rings (SSSR count). The Morgan fingerprint density at radius 2 is 2.15 bits per heavy atom. The second-order valence-corrected chi connectivity index (χ2v) is 5.33. The predicted octanol–water partition coefficient (Wildman–Crippen LogP) is 0.868. The zero-order chi connectivity index (χ0) is 14.2. The third-order valence-electron chi connectivity index (χ3n) is 4.01. The second-order valence-electron chi connectivity index (χ2n) is 5.33. The first-order chi connectivity index (χ1) is 9.63. The van der Waals surface area contributed by atoms with Crippen LogP contribution in [0.15, 0.2) is 23.4 Å². The SMILES string of the molecule is N/C(=N\O)c1ccc2c(c1)C(=O)CC1(CCNCC1)O2. The number of nitrogens with one attached hydrogen (secondary N) is 1. The lowest BCUT2D eigenvalue weighted by Crippen LogP contribution is -2.49. The third-order valence-corrected chi connectivity index (χ3v) is 4.01. The number of ketones is 1. The van der Waals surface area contributed by atoms with Crippen LogP contribution in [-0.2, 0) is 0 Å². The van der Waals surface area contributed by atoms with Crippen molar-refractivity contribution in [1.82, 2.24) is 5.32 Å². The number of amidine groups is 1. The van der Waals surface area contributed by atoms with Gasteiger partial charge in [-0.25, -0.2) is 0 Å². The maximum absolute atomic E-state index is 12.4. The normalized spacial score (nSPS) is 21.4. The number of oxime groups is 1. The number of ether oxygens (including phenoxy) is 1. The molecule has 0 bridgehead atoms. The summed E-state index contributed by atoms with van der Waals surface area (Å²) in [6, 6.07) is 5.05. The van der Waals surface area contributed by atoms with E-state index in [1.807, 2.05) is 0 Å². The predicted molar refractivity (Wildman–Crippen MR) is 73.4 cm³/mol. The lowest BCUT2D eigenvalue weighted by Gasteiger charge is -2.40. The number of Topliss-reactive ketones (excluding diaryl/α,β-unsaturated/α-hetero) is 1. The molecule has 2 aliphatic rings. The van der Waals surface area contributed by atoms with Gasteiger partial charge in [0.1, 0.15) is 11.4 Å². The summed E-state index contributed by atoms with van der Waals surface area (Å²) in [5, 5.41) is 14.9. The monoisotopic (exact) mass is 275 g/mol. The molecule has 1 saturated heterocycles. The minimum Gasteiger partial charge on any atom is -0.486 e. The Labute approximate surface area is 116 Å². The summed E-state index contributed by atoms with van der Waals surface area (Å²) in [6.45, 7) is 1.73. The van der Waals surface area contributed by atoms with Crippen LogP contribution in [0.1, 0.15) is 35.2 Å². The van der Waals surface area contributed by atoms with E-state index in [0.29, 0.717) is 23.3 Å². The van der Waals surface area contributed by atoms with E-state index in [9.17, 15) is 4.79 Å². The fourth-order valence-electron chi connectivity index (χ4n) is 2.87. The molecule has 6 heteroatoms. The van der Waals surface area contributed by atoms with Gasteiger partial charge in [-0.3, -0.25) is 4.79 Å². The van der Waals surface area contributed by atoms with E-state index in [0.717, 1.165) is 25.9 Å². The van der Waals surface area contributed by atoms with Crippen LogP contribution in [0.5, 0.6) is 5.75 Å². The van der Waals surface area contributed by atoms with Crippen molar-refractivity contribution in [3.63, 3.8) is 0 Å². The molecular weight excluding hydrogens is 258 g/mol. The molecule has 0 unspecified atom stereocenters. The molecule has 1 spiro atoms. The van der Waals surface area contributed by atoms with Gasteiger partial charge in [0.25, 0.3) is 0 Å². The summed E-state index contributed by atoms with van der Waals surface area (Å²) in [5.74, 6) is 0.640. The molecule has 1 aromatic rings. The maximum Gasteiger partial charge on any atom is 0.170 e. The Morgan fingerprint density at radius 1 is 1.40 bits per heavy atom. The number of hydrogen-bond donors (Lipinski definition) is 3. The highest BCUT2D eigenvalue weighted by atomic mass is 16.5. The van der Waals surface area contributed by atoms with Crippen molar-refractivity contribution in [2.24, 2.45) is 10.9 Å². The van der Waals surface area contributed by atoms with Crippen LogP contribution >= 0.6 is 0 Å². The zero-order valence-electron chi connectivity index (χ0n) is 11.1. The number of benzene rings is 1. The minimum atomic E-state index is -0.368. The van der Waals surface area contributed by atoms with Crippen LogP contribution in [0.4, 0.5) is 0 Å². The van der Waals surface area contributed by atoms with Gasteiger partial charge in [-0.2, -0.15) is 0 Å². The van der Waals surface area contributed by atoms with Gasteiger partial charge in [0, 0.05) is 18.4 Å². The Hall–Kier alpha value is -2.08. The molecule has 20 heavy (non-hydrogen) atoms. The number of hydrogen-bond acceptors (Lipinski definition) is 5. The largest absolute Gasteiger partial charge is 0.486 e. The van der Waals surface area contributed by atoms with Crippen LogP contribution in [0.25, 0.3) is 0 Å². The van der Waals surface area contributed by atoms with Gasteiger partial charge in [-0.1, -0.05) is 5.16 Å². The van der Waals surface area contributed by atoms with Crippen molar-refractivity contribution in [3.05, 3.63) is 29.3 Å². The number of rotatable bonds is 1. The molecular formula is C14H17N3O3. The summed E-state index contributed by atoms with van der Waals surface area (Å²) in [5.41, 5.74) is 6.21. The Morgan fingerprint density at radius 3 is 2.85 bits per heavy atom. The molecule has 106 valence electrons. The molecule has 6 nitrogen and oxygen atoms in total. The first kappa shape index (κ1) is 12.9. The highest BCUT2D eigenvalue weighted by molar-refractivity contribution is 6.04. The molecule has 0 radical (unpaired) electrons. The van der Waals surface area contributed by atoms with E-state index in [4.69, 9.17) is 15.7 Å². The van der Waals surface area contributed by atoms with Gasteiger partial charge < -0.3 is 21.0 Å². The number of fused-ring (bicyclic) bond motifs is 1. The average molecular weight is 275 g/mol. The molecule has 2 heterocycles. The summed E-state index contributed by atoms with van der Waals surface area (Å²) < 4.78 is 6.10. The third kappa shape index (κ3) is 2.12. The first-order valence-corrected chi connectivity index (χ1v) is 6.68. The molecule has 0 atom stereocenters. The summed E-state index contributed by atoms with van der Waals surface area (Å²) in [6.07, 6.45) is 2.06. The van der Waals surface area contributed by atoms with Crippen LogP contribution in [0, 0.1) is 0 Å². The Kier molecular flexibility index (Phi) is 3.10. The molecule has 0 aromatic heterocycles. The maximum atomic E-state index is 12.4. The molecule has 2 aliphatic heterocycles. The lowest BCUT2D eigenvalue weighted by molar-refractivity contribution is 0.0187. The van der Waals surface area contributed by atoms with Crippen molar-refractivity contribution < 1.29 is 14.7 Å². The summed E-state index contributed by atoms with van der Waals surface area (Å²) >= 11 is 0. The van der Waals surface area contributed by atoms with Gasteiger partial charge in [0.15, 0.2) is 11.6 Å². The molecule has 0 aliphatic carbocycles. The van der Waals surface area contributed by atoms with Gasteiger partial charge in [0.2, 0.25) is 0 Å². The summed E-state index contributed by atoms with van der Waals surface area (Å²) in [7, 11) is 0. The standard InChI is InChI=1S/C14H17N3O3/c15-13(17-19)9-1-2-12-10(7-9)11(18)8-14(20-12)3-5-16-6-4-14/h1-2,7,16,19H,3-6,8H2,(H2,15,17). The molecule has 4 N–H and O–H groups in total. The quantitative estimate of drug-likeness (QED) is 0.306. The van der Waals surface area contributed by atoms with Crippen LogP contribution in [-0.4, -0.2) is 35.5 Å². The number of nitrogens with zero attached hydrogens (tertiary/aromatic N) is 1. The van der Waals surface area contributed by atoms with Crippen LogP contribution in [0.2, 0.25) is 0 Å². The molecule has 0 amide bonds. The molecule has 0 saturated carbocycles. The highest BCUT2D eigenvalue weighted by Gasteiger charge is 2.41. The topological polar surface area (TPSA) is 96.9 Å². The van der Waals surface area contributed by atoms with E-state index in [-0.39, 0.29) is 17.2 Å². The number of carbonyl (C=O) groups excluding carboxylic acids is 1. The van der Waals surface area contributed by atoms with Crippen molar-refractivity contribution in [3.8, 4) is 5.75 Å². The zero-order valence-corrected chi connectivity index (χ0v) is 11.1. The summed E-state index contributed by atoms with van der Waals surface area (Å²) in [4.78, 5) is 12.4. The molecule has 1 aromatic carbocycles. The van der Waals surface area contributed by atoms with E-state index in [1.165, 1.54) is 0 Å². The average Bonchev–Trinajstić information content (AvgIpc) is 2.47. The highest BCUT2D eigenvalue weighted by Crippen LogP contribution is 2.38. The fraction of sp³-hybridized carbons (Fsp3) is 0.429. The van der Waals surface area contributed by atoms with Crippen LogP contribution < -0.4 is 15.8 Å². The number of piperidine rings is 1. The minimum absolute atomic E-state index is 0.0113. The van der Waals surface area contributed by atoms with E-state index in [2.05, 4.69) is 10.5 Å². The van der Waals surface area contributed by atoms with Gasteiger partial charge in [0.05, 0.1) is 12.0 Å². The first-order valence-electron chi connectivity index (χ1n) is 6.68. The van der Waals surface area contributed by atoms with Crippen molar-refractivity contribution in [1.29, 1.82) is 0 Å². The molecule has 1 fully saturated rings. The van der Waals surface area contributed by atoms with Crippen molar-refractivity contribution in [2.75, 3.05) is 13.1 Å². The number of nitrogens with two attached hydrogens (primary N) is 1. The van der Waals surface area contributed by atoms with Crippen LogP contribution in [0.3, 0.4) is 0 Å². The van der Waals surface area contributed by atoms with Crippen molar-refractivity contribution in [2.45, 2.75) is 24.9 Å². The van der Waals surface area contributed by atoms with Gasteiger partial charge in [-0.05, 0) is 31.3 Å². The van der Waals surface area contributed by atoms with E-state index >= 15 is 0 Å².